The molecule has 1 unspecified atom stereocenters. The van der Waals surface area contributed by atoms with E-state index in [1.54, 1.807) is 19.9 Å². The molecule has 1 saturated heterocycles. The fourth-order valence-electron chi connectivity index (χ4n) is 2.23. The highest BCUT2D eigenvalue weighted by molar-refractivity contribution is 7.89. The molecule has 21 heavy (non-hydrogen) atoms. The summed E-state index contributed by atoms with van der Waals surface area (Å²) in [5.41, 5.74) is 7.30. The molecule has 1 atom stereocenters. The maximum atomic E-state index is 12.4. The number of amides is 2. The van der Waals surface area contributed by atoms with E-state index in [0.29, 0.717) is 11.3 Å². The number of carbonyl (C=O) groups excluding carboxylic acids is 2. The van der Waals surface area contributed by atoms with Crippen molar-refractivity contribution in [1.82, 2.24) is 9.62 Å². The number of hydrogen-bond acceptors (Lipinski definition) is 5. The number of likely N-dealkylation sites (tertiary alicyclic amines) is 1. The van der Waals surface area contributed by atoms with E-state index < -0.39 is 27.9 Å². The molecule has 2 rings (SSSR count). The lowest BCUT2D eigenvalue weighted by Gasteiger charge is -2.15. The number of likely N-dealkylation sites (N-methyl/N-ethyl adjacent to an activating group) is 1. The van der Waals surface area contributed by atoms with Gasteiger partial charge in [0, 0.05) is 12.7 Å². The van der Waals surface area contributed by atoms with Gasteiger partial charge in [-0.2, -0.15) is 4.72 Å². The van der Waals surface area contributed by atoms with E-state index in [-0.39, 0.29) is 11.3 Å². The highest BCUT2D eigenvalue weighted by atomic mass is 32.2. The average molecular weight is 311 g/mol. The van der Waals surface area contributed by atoms with Crippen LogP contribution in [0.4, 0.5) is 5.69 Å². The predicted octanol–water partition coefficient (Wildman–Crippen LogP) is -0.0788. The van der Waals surface area contributed by atoms with E-state index in [4.69, 9.17) is 5.73 Å². The zero-order valence-electron chi connectivity index (χ0n) is 12.0. The van der Waals surface area contributed by atoms with Gasteiger partial charge in [0.25, 0.3) is 0 Å². The first-order chi connectivity index (χ1) is 9.63. The second-order valence-electron chi connectivity index (χ2n) is 5.13. The third-order valence-electron chi connectivity index (χ3n) is 3.61. The van der Waals surface area contributed by atoms with Crippen LogP contribution in [0.25, 0.3) is 0 Å². The van der Waals surface area contributed by atoms with Gasteiger partial charge in [-0.3, -0.25) is 14.5 Å². The van der Waals surface area contributed by atoms with Gasteiger partial charge in [-0.15, -0.1) is 0 Å². The quantitative estimate of drug-likeness (QED) is 0.599. The molecule has 0 bridgehead atoms. The van der Waals surface area contributed by atoms with E-state index in [9.17, 15) is 18.0 Å². The Morgan fingerprint density at radius 1 is 1.29 bits per heavy atom. The van der Waals surface area contributed by atoms with Crippen molar-refractivity contribution < 1.29 is 18.0 Å². The maximum absolute atomic E-state index is 12.4. The van der Waals surface area contributed by atoms with Crippen molar-refractivity contribution in [3.05, 3.63) is 23.3 Å². The van der Waals surface area contributed by atoms with Crippen LogP contribution in [0.2, 0.25) is 0 Å². The summed E-state index contributed by atoms with van der Waals surface area (Å²) in [6.45, 7) is 3.42. The van der Waals surface area contributed by atoms with E-state index >= 15 is 0 Å². The van der Waals surface area contributed by atoms with Crippen LogP contribution in [0.15, 0.2) is 17.0 Å². The summed E-state index contributed by atoms with van der Waals surface area (Å²) in [6.07, 6.45) is -0.172. The van der Waals surface area contributed by atoms with Crippen molar-refractivity contribution in [1.29, 1.82) is 0 Å². The lowest BCUT2D eigenvalue weighted by Crippen LogP contribution is -2.40. The van der Waals surface area contributed by atoms with Crippen LogP contribution in [0.1, 0.15) is 17.5 Å². The highest BCUT2D eigenvalue weighted by Crippen LogP contribution is 2.23. The number of rotatable bonds is 3. The zero-order chi connectivity index (χ0) is 15.9. The van der Waals surface area contributed by atoms with Crippen molar-refractivity contribution in [3.63, 3.8) is 0 Å². The highest BCUT2D eigenvalue weighted by Gasteiger charge is 2.39. The molecule has 3 N–H and O–H groups in total. The monoisotopic (exact) mass is 311 g/mol. The number of imide groups is 1. The van der Waals surface area contributed by atoms with E-state index in [2.05, 4.69) is 4.72 Å². The summed E-state index contributed by atoms with van der Waals surface area (Å²) in [4.78, 5) is 24.2. The fraction of sp³-hybridized carbons (Fsp3) is 0.385. The fourth-order valence-corrected chi connectivity index (χ4v) is 3.77. The molecule has 1 aliphatic rings. The van der Waals surface area contributed by atoms with Crippen LogP contribution < -0.4 is 10.5 Å². The number of hydrogen-bond donors (Lipinski definition) is 2. The summed E-state index contributed by atoms with van der Waals surface area (Å²) < 4.78 is 27.1. The Kier molecular flexibility index (Phi) is 3.77. The van der Waals surface area contributed by atoms with E-state index in [1.165, 1.54) is 13.1 Å². The van der Waals surface area contributed by atoms with Gasteiger partial charge >= 0.3 is 0 Å². The normalized spacial score (nSPS) is 19.4. The summed E-state index contributed by atoms with van der Waals surface area (Å²) in [6, 6.07) is 1.95. The second kappa shape index (κ2) is 5.12. The molecule has 0 aliphatic carbocycles. The molecule has 8 heteroatoms. The first-order valence-corrected chi connectivity index (χ1v) is 7.81. The SMILES string of the molecule is Cc1cc(N)cc(S(=O)(=O)NC2CC(=O)N(C)C2=O)c1C. The average Bonchev–Trinajstić information content (AvgIpc) is 2.61. The molecule has 7 nitrogen and oxygen atoms in total. The number of carbonyl (C=O) groups is 2. The molecule has 1 heterocycles. The minimum absolute atomic E-state index is 0.0230. The van der Waals surface area contributed by atoms with Gasteiger partial charge in [0.05, 0.1) is 11.3 Å². The molecule has 2 amide bonds. The van der Waals surface area contributed by atoms with Crippen molar-refractivity contribution >= 4 is 27.5 Å². The smallest absolute Gasteiger partial charge is 0.247 e. The Hall–Kier alpha value is -1.93. The third kappa shape index (κ3) is 2.77. The molecule has 0 saturated carbocycles. The number of nitrogens with two attached hydrogens (primary N) is 1. The molecule has 1 aromatic rings. The van der Waals surface area contributed by atoms with Gasteiger partial charge in [0.2, 0.25) is 21.8 Å². The summed E-state index contributed by atoms with van der Waals surface area (Å²) >= 11 is 0. The zero-order valence-corrected chi connectivity index (χ0v) is 12.8. The van der Waals surface area contributed by atoms with Crippen molar-refractivity contribution in [2.24, 2.45) is 0 Å². The number of nitrogen functional groups attached to an aromatic ring is 1. The number of anilines is 1. The Morgan fingerprint density at radius 2 is 1.90 bits per heavy atom. The van der Waals surface area contributed by atoms with Gasteiger partial charge < -0.3 is 5.73 Å². The molecule has 0 spiro atoms. The van der Waals surface area contributed by atoms with Crippen LogP contribution in [0, 0.1) is 13.8 Å². The number of aryl methyl sites for hydroxylation is 1. The molecule has 1 aromatic carbocycles. The van der Waals surface area contributed by atoms with Crippen LogP contribution in [-0.2, 0) is 19.6 Å². The van der Waals surface area contributed by atoms with E-state index in [1.807, 2.05) is 0 Å². The third-order valence-corrected chi connectivity index (χ3v) is 5.21. The van der Waals surface area contributed by atoms with Crippen LogP contribution in [-0.4, -0.2) is 38.2 Å². The molecular weight excluding hydrogens is 294 g/mol. The van der Waals surface area contributed by atoms with Gasteiger partial charge in [-0.1, -0.05) is 0 Å². The Bertz CT molecular complexity index is 727. The Labute approximate surface area is 123 Å². The molecule has 0 aromatic heterocycles. The van der Waals surface area contributed by atoms with Crippen molar-refractivity contribution in [2.75, 3.05) is 12.8 Å². The standard InChI is InChI=1S/C13H17N3O4S/c1-7-4-9(14)5-11(8(7)2)21(19,20)15-10-6-12(17)16(3)13(10)18/h4-5,10,15H,6,14H2,1-3H3. The molecule has 1 aliphatic heterocycles. The number of nitrogens with one attached hydrogen (secondary N) is 1. The summed E-state index contributed by atoms with van der Waals surface area (Å²) in [5.74, 6) is -0.963. The topological polar surface area (TPSA) is 110 Å². The largest absolute Gasteiger partial charge is 0.399 e. The lowest BCUT2D eigenvalue weighted by atomic mass is 10.1. The van der Waals surface area contributed by atoms with Crippen LogP contribution in [0.5, 0.6) is 0 Å². The molecular formula is C13H17N3O4S. The Balaban J connectivity index is 2.36. The van der Waals surface area contributed by atoms with Crippen LogP contribution in [0.3, 0.4) is 0 Å². The summed E-state index contributed by atoms with van der Waals surface area (Å²) in [5, 5.41) is 0. The molecule has 114 valence electrons. The van der Waals surface area contributed by atoms with Crippen LogP contribution >= 0.6 is 0 Å². The predicted molar refractivity (Wildman–Crippen MR) is 76.8 cm³/mol. The minimum atomic E-state index is -3.93. The molecule has 1 fully saturated rings. The lowest BCUT2D eigenvalue weighted by molar-refractivity contribution is -0.137. The first-order valence-electron chi connectivity index (χ1n) is 6.33. The summed E-state index contributed by atoms with van der Waals surface area (Å²) in [7, 11) is -2.60. The van der Waals surface area contributed by atoms with Gasteiger partial charge in [-0.05, 0) is 37.1 Å². The molecule has 0 radical (unpaired) electrons. The van der Waals surface area contributed by atoms with Crippen molar-refractivity contribution in [2.45, 2.75) is 31.2 Å². The number of sulfonamides is 1. The van der Waals surface area contributed by atoms with Gasteiger partial charge in [0.1, 0.15) is 6.04 Å². The number of nitrogens with zero attached hydrogens (tertiary/aromatic N) is 1. The Morgan fingerprint density at radius 3 is 2.43 bits per heavy atom. The van der Waals surface area contributed by atoms with E-state index in [0.717, 1.165) is 10.5 Å². The van der Waals surface area contributed by atoms with Crippen molar-refractivity contribution in [3.8, 4) is 0 Å². The second-order valence-corrected chi connectivity index (χ2v) is 6.81. The first kappa shape index (κ1) is 15.5. The minimum Gasteiger partial charge on any atom is -0.399 e. The van der Waals surface area contributed by atoms with Gasteiger partial charge in [0.15, 0.2) is 0 Å². The number of benzene rings is 1. The maximum Gasteiger partial charge on any atom is 0.247 e. The van der Waals surface area contributed by atoms with Gasteiger partial charge in [-0.25, -0.2) is 8.42 Å².